The summed E-state index contributed by atoms with van der Waals surface area (Å²) in [4.78, 5) is 11.8. The lowest BCUT2D eigenvalue weighted by Gasteiger charge is -2.09. The molecule has 2 aromatic carbocycles. The third-order valence-electron chi connectivity index (χ3n) is 2.90. The summed E-state index contributed by atoms with van der Waals surface area (Å²) in [7, 11) is 0. The summed E-state index contributed by atoms with van der Waals surface area (Å²) in [6, 6.07) is 12.0. The number of hydrogen-bond acceptors (Lipinski definition) is 1. The van der Waals surface area contributed by atoms with Crippen LogP contribution in [0.4, 0.5) is 5.69 Å². The molecule has 0 radical (unpaired) electrons. The molecule has 0 aliphatic carbocycles. The van der Waals surface area contributed by atoms with E-state index in [0.29, 0.717) is 6.42 Å². The number of hydrogen-bond donors (Lipinski definition) is 1. The van der Waals surface area contributed by atoms with E-state index in [1.54, 1.807) is 0 Å². The summed E-state index contributed by atoms with van der Waals surface area (Å²) in [5, 5.41) is 5.17. The molecular formula is C15H16BrNO. The van der Waals surface area contributed by atoms with Crippen molar-refractivity contribution in [3.05, 3.63) is 40.9 Å². The van der Waals surface area contributed by atoms with E-state index >= 15 is 0 Å². The van der Waals surface area contributed by atoms with Gasteiger partial charge in [-0.3, -0.25) is 4.79 Å². The summed E-state index contributed by atoms with van der Waals surface area (Å²) in [6.07, 6.45) is 2.55. The van der Waals surface area contributed by atoms with Gasteiger partial charge in [-0.15, -0.1) is 0 Å². The van der Waals surface area contributed by atoms with Crippen LogP contribution in [0.2, 0.25) is 0 Å². The van der Waals surface area contributed by atoms with Crippen molar-refractivity contribution in [2.75, 3.05) is 5.32 Å². The van der Waals surface area contributed by atoms with Gasteiger partial charge in [0.15, 0.2) is 0 Å². The molecule has 0 aromatic heterocycles. The Morgan fingerprint density at radius 2 is 1.89 bits per heavy atom. The van der Waals surface area contributed by atoms with Crippen LogP contribution in [0.25, 0.3) is 10.8 Å². The maximum atomic E-state index is 11.8. The third-order valence-corrected chi connectivity index (χ3v) is 3.59. The van der Waals surface area contributed by atoms with Gasteiger partial charge in [0.25, 0.3) is 0 Å². The van der Waals surface area contributed by atoms with Crippen LogP contribution in [0.3, 0.4) is 0 Å². The topological polar surface area (TPSA) is 29.1 Å². The number of benzene rings is 2. The first kappa shape index (κ1) is 13.1. The largest absolute Gasteiger partial charge is 0.326 e. The molecule has 0 heterocycles. The van der Waals surface area contributed by atoms with E-state index < -0.39 is 0 Å². The smallest absolute Gasteiger partial charge is 0.224 e. The lowest BCUT2D eigenvalue weighted by molar-refractivity contribution is -0.116. The van der Waals surface area contributed by atoms with Crippen molar-refractivity contribution < 1.29 is 4.79 Å². The maximum Gasteiger partial charge on any atom is 0.224 e. The van der Waals surface area contributed by atoms with E-state index in [0.717, 1.165) is 33.8 Å². The first-order chi connectivity index (χ1) is 8.72. The second kappa shape index (κ2) is 6.01. The standard InChI is InChI=1S/C15H16BrNO/c1-2-3-8-15(18)17-14-10-9-13(16)11-6-4-5-7-12(11)14/h4-7,9-10H,2-3,8H2,1H3,(H,17,18). The summed E-state index contributed by atoms with van der Waals surface area (Å²) in [6.45, 7) is 2.09. The van der Waals surface area contributed by atoms with Crippen molar-refractivity contribution in [1.82, 2.24) is 0 Å². The van der Waals surface area contributed by atoms with Crippen molar-refractivity contribution in [3.8, 4) is 0 Å². The Morgan fingerprint density at radius 1 is 1.17 bits per heavy atom. The van der Waals surface area contributed by atoms with Gasteiger partial charge in [-0.25, -0.2) is 0 Å². The van der Waals surface area contributed by atoms with Gasteiger partial charge in [0.1, 0.15) is 0 Å². The van der Waals surface area contributed by atoms with Crippen LogP contribution in [0.5, 0.6) is 0 Å². The number of anilines is 1. The van der Waals surface area contributed by atoms with Crippen LogP contribution < -0.4 is 5.32 Å². The van der Waals surface area contributed by atoms with Crippen LogP contribution in [-0.4, -0.2) is 5.91 Å². The molecule has 0 saturated heterocycles. The molecule has 2 rings (SSSR count). The average molecular weight is 306 g/mol. The van der Waals surface area contributed by atoms with Gasteiger partial charge in [-0.1, -0.05) is 53.5 Å². The number of fused-ring (bicyclic) bond motifs is 1. The zero-order valence-corrected chi connectivity index (χ0v) is 12.0. The molecule has 1 N–H and O–H groups in total. The first-order valence-electron chi connectivity index (χ1n) is 6.19. The molecule has 0 aliphatic heterocycles. The molecule has 0 spiro atoms. The molecule has 2 aromatic rings. The second-order valence-electron chi connectivity index (χ2n) is 4.29. The molecule has 0 bridgehead atoms. The number of halogens is 1. The molecule has 18 heavy (non-hydrogen) atoms. The van der Waals surface area contributed by atoms with E-state index in [2.05, 4.69) is 28.2 Å². The summed E-state index contributed by atoms with van der Waals surface area (Å²) < 4.78 is 1.05. The Balaban J connectivity index is 2.29. The summed E-state index contributed by atoms with van der Waals surface area (Å²) in [5.74, 6) is 0.0873. The highest BCUT2D eigenvalue weighted by Crippen LogP contribution is 2.29. The van der Waals surface area contributed by atoms with Gasteiger partial charge in [-0.2, -0.15) is 0 Å². The van der Waals surface area contributed by atoms with Gasteiger partial charge in [-0.05, 0) is 23.9 Å². The third kappa shape index (κ3) is 2.91. The molecule has 2 nitrogen and oxygen atoms in total. The van der Waals surface area contributed by atoms with Crippen molar-refractivity contribution in [2.45, 2.75) is 26.2 Å². The fourth-order valence-corrected chi connectivity index (χ4v) is 2.40. The van der Waals surface area contributed by atoms with Gasteiger partial charge in [0.2, 0.25) is 5.91 Å². The van der Waals surface area contributed by atoms with E-state index in [1.165, 1.54) is 0 Å². The minimum absolute atomic E-state index is 0.0873. The average Bonchev–Trinajstić information content (AvgIpc) is 2.40. The Hall–Kier alpha value is -1.35. The molecule has 0 saturated carbocycles. The van der Waals surface area contributed by atoms with Crippen LogP contribution in [0.15, 0.2) is 40.9 Å². The molecular weight excluding hydrogens is 290 g/mol. The van der Waals surface area contributed by atoms with Gasteiger partial charge < -0.3 is 5.32 Å². The predicted molar refractivity (Wildman–Crippen MR) is 79.8 cm³/mol. The lowest BCUT2D eigenvalue weighted by atomic mass is 10.1. The van der Waals surface area contributed by atoms with Gasteiger partial charge in [0.05, 0.1) is 0 Å². The monoisotopic (exact) mass is 305 g/mol. The highest BCUT2D eigenvalue weighted by molar-refractivity contribution is 9.10. The minimum Gasteiger partial charge on any atom is -0.326 e. The lowest BCUT2D eigenvalue weighted by Crippen LogP contribution is -2.11. The molecule has 0 aliphatic rings. The highest BCUT2D eigenvalue weighted by Gasteiger charge is 2.06. The summed E-state index contributed by atoms with van der Waals surface area (Å²) >= 11 is 3.53. The number of amides is 1. The number of unbranched alkanes of at least 4 members (excludes halogenated alkanes) is 1. The fraction of sp³-hybridized carbons (Fsp3) is 0.267. The Labute approximate surface area is 116 Å². The molecule has 0 fully saturated rings. The quantitative estimate of drug-likeness (QED) is 0.869. The van der Waals surface area contributed by atoms with Crippen LogP contribution in [0.1, 0.15) is 26.2 Å². The van der Waals surface area contributed by atoms with Crippen LogP contribution in [-0.2, 0) is 4.79 Å². The predicted octanol–water partition coefficient (Wildman–Crippen LogP) is 4.73. The van der Waals surface area contributed by atoms with Crippen molar-refractivity contribution in [1.29, 1.82) is 0 Å². The zero-order valence-electron chi connectivity index (χ0n) is 10.4. The van der Waals surface area contributed by atoms with Crippen molar-refractivity contribution >= 4 is 38.3 Å². The fourth-order valence-electron chi connectivity index (χ4n) is 1.92. The molecule has 3 heteroatoms. The Bertz CT molecular complexity index is 565. The molecule has 1 amide bonds. The van der Waals surface area contributed by atoms with E-state index in [1.807, 2.05) is 36.4 Å². The van der Waals surface area contributed by atoms with E-state index in [9.17, 15) is 4.79 Å². The molecule has 0 unspecified atom stereocenters. The number of rotatable bonds is 4. The van der Waals surface area contributed by atoms with Crippen molar-refractivity contribution in [3.63, 3.8) is 0 Å². The highest BCUT2D eigenvalue weighted by atomic mass is 79.9. The molecule has 0 atom stereocenters. The first-order valence-corrected chi connectivity index (χ1v) is 6.98. The number of carbonyl (C=O) groups excluding carboxylic acids is 1. The maximum absolute atomic E-state index is 11.8. The molecule has 94 valence electrons. The van der Waals surface area contributed by atoms with Crippen LogP contribution >= 0.6 is 15.9 Å². The second-order valence-corrected chi connectivity index (χ2v) is 5.15. The Kier molecular flexibility index (Phi) is 4.37. The SMILES string of the molecule is CCCCC(=O)Nc1ccc(Br)c2ccccc12. The zero-order chi connectivity index (χ0) is 13.0. The van der Waals surface area contributed by atoms with Crippen LogP contribution in [0, 0.1) is 0 Å². The Morgan fingerprint density at radius 3 is 2.61 bits per heavy atom. The van der Waals surface area contributed by atoms with Gasteiger partial charge >= 0.3 is 0 Å². The van der Waals surface area contributed by atoms with Gasteiger partial charge in [0, 0.05) is 22.0 Å². The minimum atomic E-state index is 0.0873. The normalized spacial score (nSPS) is 10.6. The van der Waals surface area contributed by atoms with E-state index in [4.69, 9.17) is 0 Å². The number of carbonyl (C=O) groups is 1. The van der Waals surface area contributed by atoms with Crippen molar-refractivity contribution in [2.24, 2.45) is 0 Å². The number of nitrogens with one attached hydrogen (secondary N) is 1. The summed E-state index contributed by atoms with van der Waals surface area (Å²) in [5.41, 5.74) is 0.884. The van der Waals surface area contributed by atoms with E-state index in [-0.39, 0.29) is 5.91 Å².